The molecule has 3 amide bonds. The van der Waals surface area contributed by atoms with Gasteiger partial charge in [0, 0.05) is 37.9 Å². The molecule has 2 aromatic rings. The fraction of sp³-hybridized carbons (Fsp3) is 0.455. The Balaban J connectivity index is 1.51. The first-order valence-electron chi connectivity index (χ1n) is 10.3. The first kappa shape index (κ1) is 20.3. The number of carbonyl (C=O) groups is 3. The summed E-state index contributed by atoms with van der Waals surface area (Å²) in [7, 11) is 0. The maximum absolute atomic E-state index is 13.1. The van der Waals surface area contributed by atoms with Crippen LogP contribution < -0.4 is 5.73 Å². The second-order valence-corrected chi connectivity index (χ2v) is 7.90. The predicted octanol–water partition coefficient (Wildman–Crippen LogP) is 1.49. The molecule has 1 aromatic heterocycles. The van der Waals surface area contributed by atoms with Gasteiger partial charge < -0.3 is 20.3 Å². The molecule has 0 bridgehead atoms. The summed E-state index contributed by atoms with van der Waals surface area (Å²) < 4.78 is 5.90. The van der Waals surface area contributed by atoms with E-state index in [0.29, 0.717) is 67.8 Å². The quantitative estimate of drug-likeness (QED) is 0.825. The zero-order valence-electron chi connectivity index (χ0n) is 17.0. The van der Waals surface area contributed by atoms with Crippen LogP contribution in [-0.2, 0) is 14.3 Å². The van der Waals surface area contributed by atoms with Crippen LogP contribution in [0.3, 0.4) is 0 Å². The lowest BCUT2D eigenvalue weighted by Crippen LogP contribution is -2.48. The average molecular weight is 410 g/mol. The molecular weight excluding hydrogens is 384 g/mol. The lowest BCUT2D eigenvalue weighted by molar-refractivity contribution is -0.146. The SMILES string of the molecule is CC(=O)N1CCC(C(=O)N2CCO[C@@H](c3cc(C(N)=O)c4ccccc4n3)C2)CC1. The van der Waals surface area contributed by atoms with Crippen LogP contribution in [0.1, 0.15) is 41.9 Å². The first-order valence-corrected chi connectivity index (χ1v) is 10.3. The van der Waals surface area contributed by atoms with Crippen molar-refractivity contribution in [2.75, 3.05) is 32.8 Å². The van der Waals surface area contributed by atoms with E-state index in [1.807, 2.05) is 29.2 Å². The number of likely N-dealkylation sites (tertiary alicyclic amines) is 1. The highest BCUT2D eigenvalue weighted by Crippen LogP contribution is 2.28. The monoisotopic (exact) mass is 410 g/mol. The molecule has 2 aliphatic rings. The highest BCUT2D eigenvalue weighted by Gasteiger charge is 2.33. The third-order valence-electron chi connectivity index (χ3n) is 6.00. The number of fused-ring (bicyclic) bond motifs is 1. The van der Waals surface area contributed by atoms with Gasteiger partial charge in [0.15, 0.2) is 0 Å². The van der Waals surface area contributed by atoms with Crippen LogP contribution >= 0.6 is 0 Å². The molecular formula is C22H26N4O4. The highest BCUT2D eigenvalue weighted by atomic mass is 16.5. The maximum Gasteiger partial charge on any atom is 0.249 e. The molecule has 158 valence electrons. The lowest BCUT2D eigenvalue weighted by Gasteiger charge is -2.37. The second kappa shape index (κ2) is 8.39. The normalized spacial score (nSPS) is 20.4. The number of para-hydroxylation sites is 1. The molecule has 0 radical (unpaired) electrons. The molecule has 1 atom stereocenters. The van der Waals surface area contributed by atoms with Crippen LogP contribution in [0, 0.1) is 5.92 Å². The van der Waals surface area contributed by atoms with Crippen LogP contribution in [-0.4, -0.2) is 65.3 Å². The van der Waals surface area contributed by atoms with E-state index in [9.17, 15) is 14.4 Å². The molecule has 0 aliphatic carbocycles. The van der Waals surface area contributed by atoms with E-state index >= 15 is 0 Å². The Morgan fingerprint density at radius 2 is 1.83 bits per heavy atom. The van der Waals surface area contributed by atoms with Crippen LogP contribution in [0.4, 0.5) is 0 Å². The van der Waals surface area contributed by atoms with Gasteiger partial charge in [0.1, 0.15) is 6.10 Å². The molecule has 1 aromatic carbocycles. The third kappa shape index (κ3) is 4.00. The number of hydrogen-bond donors (Lipinski definition) is 1. The number of benzene rings is 1. The second-order valence-electron chi connectivity index (χ2n) is 7.90. The van der Waals surface area contributed by atoms with Crippen molar-refractivity contribution in [1.82, 2.24) is 14.8 Å². The molecule has 0 spiro atoms. The van der Waals surface area contributed by atoms with Crippen LogP contribution in [0.5, 0.6) is 0 Å². The molecule has 8 nitrogen and oxygen atoms in total. The molecule has 2 saturated heterocycles. The van der Waals surface area contributed by atoms with Crippen molar-refractivity contribution in [1.29, 1.82) is 0 Å². The van der Waals surface area contributed by atoms with Gasteiger partial charge in [-0.15, -0.1) is 0 Å². The maximum atomic E-state index is 13.1. The van der Waals surface area contributed by atoms with Gasteiger partial charge in [-0.3, -0.25) is 14.4 Å². The number of carbonyl (C=O) groups excluding carboxylic acids is 3. The van der Waals surface area contributed by atoms with Crippen LogP contribution in [0.15, 0.2) is 30.3 Å². The summed E-state index contributed by atoms with van der Waals surface area (Å²) >= 11 is 0. The van der Waals surface area contributed by atoms with Crippen molar-refractivity contribution < 1.29 is 19.1 Å². The molecule has 2 fully saturated rings. The molecule has 8 heteroatoms. The number of nitrogens with zero attached hydrogens (tertiary/aromatic N) is 3. The largest absolute Gasteiger partial charge is 0.368 e. The molecule has 3 heterocycles. The Bertz CT molecular complexity index is 984. The Morgan fingerprint density at radius 3 is 2.53 bits per heavy atom. The molecule has 0 saturated carbocycles. The summed E-state index contributed by atoms with van der Waals surface area (Å²) in [6, 6.07) is 9.02. The van der Waals surface area contributed by atoms with Gasteiger partial charge in [-0.1, -0.05) is 18.2 Å². The summed E-state index contributed by atoms with van der Waals surface area (Å²) in [6.07, 6.45) is 0.948. The van der Waals surface area contributed by atoms with Crippen LogP contribution in [0.25, 0.3) is 10.9 Å². The van der Waals surface area contributed by atoms with Crippen molar-refractivity contribution in [3.63, 3.8) is 0 Å². The van der Waals surface area contributed by atoms with Crippen molar-refractivity contribution in [2.45, 2.75) is 25.9 Å². The summed E-state index contributed by atoms with van der Waals surface area (Å²) in [6.45, 7) is 4.12. The van der Waals surface area contributed by atoms with Gasteiger partial charge in [0.05, 0.1) is 29.9 Å². The predicted molar refractivity (Wildman–Crippen MR) is 111 cm³/mol. The average Bonchev–Trinajstić information content (AvgIpc) is 2.77. The Labute approximate surface area is 175 Å². The summed E-state index contributed by atoms with van der Waals surface area (Å²) in [4.78, 5) is 44.8. The summed E-state index contributed by atoms with van der Waals surface area (Å²) in [5.41, 5.74) is 7.26. The van der Waals surface area contributed by atoms with E-state index in [-0.39, 0.29) is 17.7 Å². The first-order chi connectivity index (χ1) is 14.4. The van der Waals surface area contributed by atoms with Crippen molar-refractivity contribution >= 4 is 28.6 Å². The van der Waals surface area contributed by atoms with Gasteiger partial charge in [0.2, 0.25) is 17.7 Å². The number of morpholine rings is 1. The number of hydrogen-bond acceptors (Lipinski definition) is 5. The van der Waals surface area contributed by atoms with E-state index in [1.54, 1.807) is 17.9 Å². The topological polar surface area (TPSA) is 106 Å². The minimum absolute atomic E-state index is 0.0555. The Kier molecular flexibility index (Phi) is 5.67. The fourth-order valence-corrected chi connectivity index (χ4v) is 4.29. The number of nitrogens with two attached hydrogens (primary N) is 1. The molecule has 2 N–H and O–H groups in total. The van der Waals surface area contributed by atoms with Crippen molar-refractivity contribution in [2.24, 2.45) is 11.7 Å². The zero-order valence-corrected chi connectivity index (χ0v) is 17.0. The number of amides is 3. The smallest absolute Gasteiger partial charge is 0.249 e. The summed E-state index contributed by atoms with van der Waals surface area (Å²) in [5, 5.41) is 0.703. The molecule has 4 rings (SSSR count). The Morgan fingerprint density at radius 1 is 1.10 bits per heavy atom. The van der Waals surface area contributed by atoms with E-state index in [0.717, 1.165) is 0 Å². The minimum Gasteiger partial charge on any atom is -0.368 e. The van der Waals surface area contributed by atoms with Crippen molar-refractivity contribution in [3.05, 3.63) is 41.6 Å². The number of rotatable bonds is 3. The Hall–Kier alpha value is -3.00. The zero-order chi connectivity index (χ0) is 21.3. The number of primary amides is 1. The van der Waals surface area contributed by atoms with Gasteiger partial charge in [-0.05, 0) is 25.0 Å². The molecule has 0 unspecified atom stereocenters. The molecule has 2 aliphatic heterocycles. The van der Waals surface area contributed by atoms with Gasteiger partial charge in [-0.25, -0.2) is 4.98 Å². The van der Waals surface area contributed by atoms with E-state index in [1.165, 1.54) is 0 Å². The van der Waals surface area contributed by atoms with Crippen molar-refractivity contribution in [3.8, 4) is 0 Å². The number of piperidine rings is 1. The van der Waals surface area contributed by atoms with Gasteiger partial charge in [-0.2, -0.15) is 0 Å². The van der Waals surface area contributed by atoms with Gasteiger partial charge in [0.25, 0.3) is 0 Å². The lowest BCUT2D eigenvalue weighted by atomic mass is 9.94. The van der Waals surface area contributed by atoms with E-state index < -0.39 is 12.0 Å². The number of aromatic nitrogens is 1. The molecule has 30 heavy (non-hydrogen) atoms. The minimum atomic E-state index is -0.518. The van der Waals surface area contributed by atoms with E-state index in [2.05, 4.69) is 4.98 Å². The number of pyridine rings is 1. The van der Waals surface area contributed by atoms with Crippen LogP contribution in [0.2, 0.25) is 0 Å². The standard InChI is InChI=1S/C22H26N4O4/c1-14(27)25-8-6-15(7-9-25)22(29)26-10-11-30-20(13-26)19-12-17(21(23)28)16-4-2-3-5-18(16)24-19/h2-5,12,15,20H,6-11,13H2,1H3,(H2,23,28)/t20-/m1/s1. The van der Waals surface area contributed by atoms with E-state index in [4.69, 9.17) is 10.5 Å². The summed E-state index contributed by atoms with van der Waals surface area (Å²) in [5.74, 6) is -0.441. The third-order valence-corrected chi connectivity index (χ3v) is 6.00. The fourth-order valence-electron chi connectivity index (χ4n) is 4.29. The number of ether oxygens (including phenoxy) is 1. The van der Waals surface area contributed by atoms with Gasteiger partial charge >= 0.3 is 0 Å². The highest BCUT2D eigenvalue weighted by molar-refractivity contribution is 6.05.